The zero-order valence-electron chi connectivity index (χ0n) is 17.8. The Kier molecular flexibility index (Phi) is 5.17. The molecule has 1 N–H and O–H groups in total. The highest BCUT2D eigenvalue weighted by atomic mass is 16.5. The van der Waals surface area contributed by atoms with Crippen LogP contribution in [0.3, 0.4) is 0 Å². The van der Waals surface area contributed by atoms with Gasteiger partial charge < -0.3 is 19.4 Å². The molecular formula is C26H22N4O2. The normalized spacial score (nSPS) is 10.8. The molecule has 6 heteroatoms. The van der Waals surface area contributed by atoms with Crippen LogP contribution in [0.4, 0.5) is 11.5 Å². The molecule has 5 aromatic rings. The molecule has 6 nitrogen and oxygen atoms in total. The van der Waals surface area contributed by atoms with Crippen LogP contribution in [0.2, 0.25) is 0 Å². The Morgan fingerprint density at radius 3 is 2.06 bits per heavy atom. The van der Waals surface area contributed by atoms with Crippen molar-refractivity contribution >= 4 is 22.5 Å². The van der Waals surface area contributed by atoms with Crippen molar-refractivity contribution in [1.82, 2.24) is 14.5 Å². The van der Waals surface area contributed by atoms with Gasteiger partial charge in [-0.05, 0) is 54.1 Å². The summed E-state index contributed by atoms with van der Waals surface area (Å²) >= 11 is 0. The molecule has 0 unspecified atom stereocenters. The van der Waals surface area contributed by atoms with E-state index in [9.17, 15) is 0 Å². The molecule has 0 amide bonds. The summed E-state index contributed by atoms with van der Waals surface area (Å²) in [6.07, 6.45) is 3.69. The highest BCUT2D eigenvalue weighted by Crippen LogP contribution is 2.36. The Labute approximate surface area is 186 Å². The third-order valence-electron chi connectivity index (χ3n) is 5.37. The van der Waals surface area contributed by atoms with Crippen LogP contribution in [0.5, 0.6) is 11.5 Å². The number of rotatable bonds is 6. The van der Waals surface area contributed by atoms with E-state index >= 15 is 0 Å². The lowest BCUT2D eigenvalue weighted by molar-refractivity contribution is 0.414. The van der Waals surface area contributed by atoms with Crippen LogP contribution < -0.4 is 14.8 Å². The fraction of sp³-hybridized carbons (Fsp3) is 0.0769. The topological polar surface area (TPSA) is 61.2 Å². The summed E-state index contributed by atoms with van der Waals surface area (Å²) in [5, 5.41) is 4.40. The second kappa shape index (κ2) is 8.43. The lowest BCUT2D eigenvalue weighted by atomic mass is 10.1. The van der Waals surface area contributed by atoms with Gasteiger partial charge in [0, 0.05) is 23.1 Å². The van der Waals surface area contributed by atoms with Gasteiger partial charge in [0.15, 0.2) is 5.65 Å². The Bertz CT molecular complexity index is 1350. The van der Waals surface area contributed by atoms with E-state index in [1.165, 1.54) is 0 Å². The molecule has 0 radical (unpaired) electrons. The number of fused-ring (bicyclic) bond motifs is 1. The van der Waals surface area contributed by atoms with Gasteiger partial charge in [-0.15, -0.1) is 0 Å². The molecule has 5 rings (SSSR count). The van der Waals surface area contributed by atoms with E-state index in [4.69, 9.17) is 9.47 Å². The van der Waals surface area contributed by atoms with E-state index in [-0.39, 0.29) is 0 Å². The van der Waals surface area contributed by atoms with E-state index in [1.54, 1.807) is 20.5 Å². The molecule has 32 heavy (non-hydrogen) atoms. The van der Waals surface area contributed by atoms with E-state index < -0.39 is 0 Å². The molecule has 0 aliphatic rings. The molecule has 0 aliphatic carbocycles. The third-order valence-corrected chi connectivity index (χ3v) is 5.37. The van der Waals surface area contributed by atoms with Crippen molar-refractivity contribution in [2.45, 2.75) is 0 Å². The van der Waals surface area contributed by atoms with Gasteiger partial charge in [0.1, 0.15) is 23.6 Å². The van der Waals surface area contributed by atoms with Crippen LogP contribution in [-0.2, 0) is 0 Å². The average Bonchev–Trinajstić information content (AvgIpc) is 3.26. The Morgan fingerprint density at radius 2 is 1.41 bits per heavy atom. The lowest BCUT2D eigenvalue weighted by Gasteiger charge is -2.10. The standard InChI is InChI=1S/C26H22N4O2/c1-31-21-12-8-19(9-13-21)29-25-24-23(18-6-4-3-5-7-18)16-30(26(24)28-17-27-25)20-10-14-22(32-2)15-11-20/h3-17H,1-2H3,(H,27,28,29). The van der Waals surface area contributed by atoms with Gasteiger partial charge in [-0.1, -0.05) is 30.3 Å². The van der Waals surface area contributed by atoms with Crippen LogP contribution in [0.1, 0.15) is 0 Å². The summed E-state index contributed by atoms with van der Waals surface area (Å²) in [6.45, 7) is 0. The zero-order valence-corrected chi connectivity index (χ0v) is 17.8. The van der Waals surface area contributed by atoms with Gasteiger partial charge in [0.25, 0.3) is 0 Å². The number of hydrogen-bond acceptors (Lipinski definition) is 5. The molecule has 158 valence electrons. The second-order valence-electron chi connectivity index (χ2n) is 7.25. The van der Waals surface area contributed by atoms with Crippen molar-refractivity contribution in [3.8, 4) is 28.3 Å². The van der Waals surface area contributed by atoms with Crippen LogP contribution in [0.15, 0.2) is 91.4 Å². The fourth-order valence-corrected chi connectivity index (χ4v) is 3.74. The third kappa shape index (κ3) is 3.63. The molecule has 0 saturated carbocycles. The molecule has 0 atom stereocenters. The number of nitrogens with one attached hydrogen (secondary N) is 1. The average molecular weight is 422 g/mol. The molecule has 2 aromatic heterocycles. The maximum Gasteiger partial charge on any atom is 0.150 e. The second-order valence-corrected chi connectivity index (χ2v) is 7.25. The first-order valence-corrected chi connectivity index (χ1v) is 10.2. The van der Waals surface area contributed by atoms with E-state index in [2.05, 4.69) is 38.2 Å². The number of nitrogens with zero attached hydrogens (tertiary/aromatic N) is 3. The number of hydrogen-bond donors (Lipinski definition) is 1. The predicted octanol–water partition coefficient (Wildman–Crippen LogP) is 5.85. The minimum atomic E-state index is 0.742. The summed E-state index contributed by atoms with van der Waals surface area (Å²) in [4.78, 5) is 9.22. The van der Waals surface area contributed by atoms with E-state index in [0.717, 1.165) is 50.9 Å². The first-order valence-electron chi connectivity index (χ1n) is 10.2. The van der Waals surface area contributed by atoms with Crippen molar-refractivity contribution in [2.75, 3.05) is 19.5 Å². The van der Waals surface area contributed by atoms with Gasteiger partial charge in [0.2, 0.25) is 0 Å². The molecule has 0 saturated heterocycles. The quantitative estimate of drug-likeness (QED) is 0.372. The molecule has 3 aromatic carbocycles. The number of ether oxygens (including phenoxy) is 2. The molecule has 0 aliphatic heterocycles. The predicted molar refractivity (Wildman–Crippen MR) is 127 cm³/mol. The summed E-state index contributed by atoms with van der Waals surface area (Å²) in [6, 6.07) is 26.0. The summed E-state index contributed by atoms with van der Waals surface area (Å²) in [5.74, 6) is 2.36. The zero-order chi connectivity index (χ0) is 21.9. The molecule has 2 heterocycles. The van der Waals surface area contributed by atoms with Crippen molar-refractivity contribution in [3.63, 3.8) is 0 Å². The molecular weight excluding hydrogens is 400 g/mol. The van der Waals surface area contributed by atoms with E-state index in [1.807, 2.05) is 66.7 Å². The highest BCUT2D eigenvalue weighted by molar-refractivity contribution is 6.03. The summed E-state index contributed by atoms with van der Waals surface area (Å²) in [7, 11) is 3.32. The first-order chi connectivity index (χ1) is 15.8. The smallest absolute Gasteiger partial charge is 0.150 e. The first kappa shape index (κ1) is 19.6. The summed E-state index contributed by atoms with van der Waals surface area (Å²) in [5.41, 5.74) is 4.87. The van der Waals surface area contributed by atoms with Crippen molar-refractivity contribution < 1.29 is 9.47 Å². The van der Waals surface area contributed by atoms with Crippen LogP contribution in [-0.4, -0.2) is 28.8 Å². The van der Waals surface area contributed by atoms with Gasteiger partial charge in [-0.2, -0.15) is 0 Å². The maximum atomic E-state index is 5.32. The minimum absolute atomic E-state index is 0.742. The van der Waals surface area contributed by atoms with Gasteiger partial charge in [-0.3, -0.25) is 0 Å². The monoisotopic (exact) mass is 422 g/mol. The lowest BCUT2D eigenvalue weighted by Crippen LogP contribution is -1.98. The minimum Gasteiger partial charge on any atom is -0.497 e. The number of methoxy groups -OCH3 is 2. The highest BCUT2D eigenvalue weighted by Gasteiger charge is 2.17. The maximum absolute atomic E-state index is 5.32. The Hall–Kier alpha value is -4.32. The van der Waals surface area contributed by atoms with Crippen molar-refractivity contribution in [2.24, 2.45) is 0 Å². The fourth-order valence-electron chi connectivity index (χ4n) is 3.74. The molecule has 0 bridgehead atoms. The Balaban J connectivity index is 1.68. The van der Waals surface area contributed by atoms with Crippen LogP contribution in [0, 0.1) is 0 Å². The molecule has 0 spiro atoms. The van der Waals surface area contributed by atoms with Gasteiger partial charge in [-0.25, -0.2) is 9.97 Å². The van der Waals surface area contributed by atoms with Crippen molar-refractivity contribution in [1.29, 1.82) is 0 Å². The van der Waals surface area contributed by atoms with Crippen LogP contribution >= 0.6 is 0 Å². The van der Waals surface area contributed by atoms with Gasteiger partial charge in [0.05, 0.1) is 19.6 Å². The van der Waals surface area contributed by atoms with Gasteiger partial charge >= 0.3 is 0 Å². The van der Waals surface area contributed by atoms with E-state index in [0.29, 0.717) is 0 Å². The molecule has 0 fully saturated rings. The number of aromatic nitrogens is 3. The van der Waals surface area contributed by atoms with Crippen LogP contribution in [0.25, 0.3) is 27.8 Å². The largest absolute Gasteiger partial charge is 0.497 e. The Morgan fingerprint density at radius 1 is 0.750 bits per heavy atom. The van der Waals surface area contributed by atoms with Crippen molar-refractivity contribution in [3.05, 3.63) is 91.4 Å². The summed E-state index contributed by atoms with van der Waals surface area (Å²) < 4.78 is 12.7. The SMILES string of the molecule is COc1ccc(Nc2ncnc3c2c(-c2ccccc2)cn3-c2ccc(OC)cc2)cc1. The number of benzene rings is 3. The number of anilines is 2.